The lowest BCUT2D eigenvalue weighted by Crippen LogP contribution is -2.26. The van der Waals surface area contributed by atoms with Crippen LogP contribution in [0.5, 0.6) is 11.5 Å². The maximum atomic E-state index is 12.6. The van der Waals surface area contributed by atoms with Crippen LogP contribution in [0.3, 0.4) is 0 Å². The number of fused-ring (bicyclic) bond motifs is 1. The van der Waals surface area contributed by atoms with E-state index in [0.717, 1.165) is 24.0 Å². The Morgan fingerprint density at radius 1 is 1.00 bits per heavy atom. The van der Waals surface area contributed by atoms with E-state index in [0.29, 0.717) is 36.2 Å². The molecule has 1 amide bonds. The lowest BCUT2D eigenvalue weighted by atomic mass is 10.1. The summed E-state index contributed by atoms with van der Waals surface area (Å²) in [5.41, 5.74) is 3.55. The smallest absolute Gasteiger partial charge is 0.273 e. The molecule has 38 heavy (non-hydrogen) atoms. The first kappa shape index (κ1) is 25.2. The summed E-state index contributed by atoms with van der Waals surface area (Å²) < 4.78 is 22.1. The molecule has 2 N–H and O–H groups in total. The van der Waals surface area contributed by atoms with Gasteiger partial charge in [0.05, 0.1) is 33.6 Å². The Bertz CT molecular complexity index is 1490. The summed E-state index contributed by atoms with van der Waals surface area (Å²) in [5.74, 6) is 2.16. The van der Waals surface area contributed by atoms with Crippen LogP contribution in [0.2, 0.25) is 0 Å². The van der Waals surface area contributed by atoms with Crippen LogP contribution in [0.4, 0.5) is 0 Å². The topological polar surface area (TPSA) is 106 Å². The van der Waals surface area contributed by atoms with E-state index in [9.17, 15) is 4.79 Å². The van der Waals surface area contributed by atoms with E-state index in [1.807, 2.05) is 30.3 Å². The third kappa shape index (κ3) is 5.73. The van der Waals surface area contributed by atoms with Gasteiger partial charge in [0.1, 0.15) is 12.0 Å². The van der Waals surface area contributed by atoms with Gasteiger partial charge in [0.15, 0.2) is 17.2 Å². The van der Waals surface area contributed by atoms with Crippen LogP contribution in [0.1, 0.15) is 33.3 Å². The highest BCUT2D eigenvalue weighted by Crippen LogP contribution is 2.32. The number of amides is 1. The molecule has 0 fully saturated rings. The predicted molar refractivity (Wildman–Crippen MR) is 142 cm³/mol. The number of carbonyl (C=O) groups excluding carboxylic acids is 1. The number of carbonyl (C=O) groups is 1. The van der Waals surface area contributed by atoms with E-state index in [-0.39, 0.29) is 18.1 Å². The normalized spacial score (nSPS) is 11.2. The van der Waals surface area contributed by atoms with Gasteiger partial charge in [-0.15, -0.1) is 0 Å². The van der Waals surface area contributed by atoms with Crippen molar-refractivity contribution in [2.24, 2.45) is 0 Å². The number of nitrogens with zero attached hydrogens (tertiary/aromatic N) is 2. The quantitative estimate of drug-likeness (QED) is 0.243. The highest BCUT2D eigenvalue weighted by atomic mass is 16.5. The zero-order valence-corrected chi connectivity index (χ0v) is 21.4. The van der Waals surface area contributed by atoms with E-state index in [2.05, 4.69) is 38.5 Å². The summed E-state index contributed by atoms with van der Waals surface area (Å²) in [7, 11) is 3.26. The molecule has 9 nitrogen and oxygen atoms in total. The van der Waals surface area contributed by atoms with Crippen LogP contribution < -0.4 is 14.8 Å². The fourth-order valence-corrected chi connectivity index (χ4v) is 4.50. The lowest BCUT2D eigenvalue weighted by molar-refractivity contribution is 0.0943. The summed E-state index contributed by atoms with van der Waals surface area (Å²) in [4.78, 5) is 22.6. The molecule has 0 saturated carbocycles. The van der Waals surface area contributed by atoms with E-state index >= 15 is 0 Å². The molecule has 0 bridgehead atoms. The minimum atomic E-state index is -0.323. The summed E-state index contributed by atoms with van der Waals surface area (Å²) in [6.07, 6.45) is 5.82. The molecule has 0 radical (unpaired) electrons. The second-order valence-electron chi connectivity index (χ2n) is 8.86. The minimum absolute atomic E-state index is 0.224. The minimum Gasteiger partial charge on any atom is -0.493 e. The Hall–Kier alpha value is -4.50. The van der Waals surface area contributed by atoms with Crippen molar-refractivity contribution in [2.45, 2.75) is 26.1 Å². The molecule has 9 heteroatoms. The number of rotatable bonds is 12. The second kappa shape index (κ2) is 11.7. The Morgan fingerprint density at radius 3 is 2.71 bits per heavy atom. The fraction of sp³-hybridized carbons (Fsp3) is 0.241. The standard InChI is InChI=1S/C29H30N4O5/c1-35-26-11-5-7-21(28(26)36-2)17-33(13-12-20-15-30-24-10-4-3-9-23(20)24)18-27-32-25(19-38-27)29(34)31-16-22-8-6-14-37-22/h3-11,14-15,19,30H,12-13,16-18H2,1-2H3,(H,31,34). The third-order valence-electron chi connectivity index (χ3n) is 6.40. The van der Waals surface area contributed by atoms with Crippen LogP contribution in [0.15, 0.2) is 82.2 Å². The van der Waals surface area contributed by atoms with E-state index < -0.39 is 0 Å². The SMILES string of the molecule is COc1cccc(CN(CCc2c[nH]c3ccccc23)Cc2nc(C(=O)NCc3ccco3)co2)c1OC. The summed E-state index contributed by atoms with van der Waals surface area (Å²) in [5, 5.41) is 4.00. The first-order chi connectivity index (χ1) is 18.6. The number of hydrogen-bond acceptors (Lipinski definition) is 7. The Morgan fingerprint density at radius 2 is 1.89 bits per heavy atom. The molecule has 2 aromatic carbocycles. The maximum Gasteiger partial charge on any atom is 0.273 e. The molecule has 0 unspecified atom stereocenters. The molecule has 5 aromatic rings. The number of oxazole rings is 1. The first-order valence-corrected chi connectivity index (χ1v) is 12.4. The molecule has 3 aromatic heterocycles. The van der Waals surface area contributed by atoms with Crippen LogP contribution in [0.25, 0.3) is 10.9 Å². The Balaban J connectivity index is 1.32. The third-order valence-corrected chi connectivity index (χ3v) is 6.40. The average molecular weight is 515 g/mol. The van der Waals surface area contributed by atoms with Crippen molar-refractivity contribution < 1.29 is 23.1 Å². The Kier molecular flexibility index (Phi) is 7.75. The summed E-state index contributed by atoms with van der Waals surface area (Å²) >= 11 is 0. The molecular formula is C29H30N4O5. The molecule has 0 aliphatic heterocycles. The van der Waals surface area contributed by atoms with Gasteiger partial charge in [-0.25, -0.2) is 4.98 Å². The van der Waals surface area contributed by atoms with Gasteiger partial charge in [-0.2, -0.15) is 0 Å². The highest BCUT2D eigenvalue weighted by Gasteiger charge is 2.19. The van der Waals surface area contributed by atoms with Gasteiger partial charge in [0.2, 0.25) is 5.89 Å². The van der Waals surface area contributed by atoms with E-state index in [1.165, 1.54) is 17.2 Å². The molecule has 0 saturated heterocycles. The number of benzene rings is 2. The number of methoxy groups -OCH3 is 2. The van der Waals surface area contributed by atoms with Crippen molar-refractivity contribution in [3.63, 3.8) is 0 Å². The van der Waals surface area contributed by atoms with Gasteiger partial charge in [-0.3, -0.25) is 9.69 Å². The molecule has 196 valence electrons. The fourth-order valence-electron chi connectivity index (χ4n) is 4.50. The van der Waals surface area contributed by atoms with E-state index in [4.69, 9.17) is 18.3 Å². The number of aromatic nitrogens is 2. The second-order valence-corrected chi connectivity index (χ2v) is 8.86. The van der Waals surface area contributed by atoms with Gasteiger partial charge < -0.3 is 28.6 Å². The van der Waals surface area contributed by atoms with Crippen molar-refractivity contribution in [1.29, 1.82) is 0 Å². The van der Waals surface area contributed by atoms with Crippen molar-refractivity contribution in [1.82, 2.24) is 20.2 Å². The number of ether oxygens (including phenoxy) is 2. The lowest BCUT2D eigenvalue weighted by Gasteiger charge is -2.22. The number of aromatic amines is 1. The average Bonchev–Trinajstić information content (AvgIpc) is 3.72. The number of para-hydroxylation sites is 2. The van der Waals surface area contributed by atoms with Gasteiger partial charge in [-0.05, 0) is 36.2 Å². The van der Waals surface area contributed by atoms with Crippen LogP contribution in [-0.4, -0.2) is 41.5 Å². The van der Waals surface area contributed by atoms with Gasteiger partial charge in [-0.1, -0.05) is 30.3 Å². The Labute approximate surface area is 220 Å². The molecular weight excluding hydrogens is 484 g/mol. The van der Waals surface area contributed by atoms with Crippen LogP contribution >= 0.6 is 0 Å². The molecule has 5 rings (SSSR count). The van der Waals surface area contributed by atoms with Crippen molar-refractivity contribution in [3.8, 4) is 11.5 Å². The highest BCUT2D eigenvalue weighted by molar-refractivity contribution is 5.91. The zero-order valence-electron chi connectivity index (χ0n) is 21.4. The van der Waals surface area contributed by atoms with Gasteiger partial charge >= 0.3 is 0 Å². The van der Waals surface area contributed by atoms with Crippen molar-refractivity contribution in [2.75, 3.05) is 20.8 Å². The van der Waals surface area contributed by atoms with Crippen LogP contribution in [-0.2, 0) is 26.1 Å². The van der Waals surface area contributed by atoms with Crippen molar-refractivity contribution in [3.05, 3.63) is 102 Å². The number of H-pyrrole nitrogens is 1. The van der Waals surface area contributed by atoms with Gasteiger partial charge in [0, 0.05) is 35.8 Å². The number of furan rings is 1. The molecule has 3 heterocycles. The van der Waals surface area contributed by atoms with Crippen LogP contribution in [0, 0.1) is 0 Å². The van der Waals surface area contributed by atoms with Crippen molar-refractivity contribution >= 4 is 16.8 Å². The molecule has 0 atom stereocenters. The first-order valence-electron chi connectivity index (χ1n) is 12.4. The summed E-state index contributed by atoms with van der Waals surface area (Å²) in [6, 6.07) is 17.7. The summed E-state index contributed by atoms with van der Waals surface area (Å²) in [6.45, 7) is 1.99. The molecule has 0 spiro atoms. The molecule has 0 aliphatic rings. The largest absolute Gasteiger partial charge is 0.493 e. The predicted octanol–water partition coefficient (Wildman–Crippen LogP) is 4.94. The zero-order chi connectivity index (χ0) is 26.3. The monoisotopic (exact) mass is 514 g/mol. The van der Waals surface area contributed by atoms with Gasteiger partial charge in [0.25, 0.3) is 5.91 Å². The maximum absolute atomic E-state index is 12.6. The number of nitrogens with one attached hydrogen (secondary N) is 2. The number of hydrogen-bond donors (Lipinski definition) is 2. The van der Waals surface area contributed by atoms with E-state index in [1.54, 1.807) is 32.6 Å². The molecule has 0 aliphatic carbocycles.